The fourth-order valence-electron chi connectivity index (χ4n) is 5.31. The zero-order chi connectivity index (χ0) is 24.6. The maximum absolute atomic E-state index is 11.8. The predicted octanol–water partition coefficient (Wildman–Crippen LogP) is 3.03. The standard InChI is InChI=1S/C26H29N7O2S/c27-25-21(26-30-22-3-1-2-4-23(22)36-26)11-17(12-28-25)18-13-29-33(14-18)19-5-8-31(9-6-19)24(16-34)32-10-7-20(35)15-32/h1-4,11-14,16,19-20,24,35H,5-10,15H2,(H2,27,28). The molecule has 0 amide bonds. The number of rotatable bonds is 6. The molecule has 2 atom stereocenters. The Labute approximate surface area is 213 Å². The van der Waals surface area contributed by atoms with Crippen molar-refractivity contribution in [1.82, 2.24) is 29.5 Å². The van der Waals surface area contributed by atoms with Crippen molar-refractivity contribution in [1.29, 1.82) is 0 Å². The molecule has 0 radical (unpaired) electrons. The number of piperidine rings is 1. The molecule has 2 aliphatic heterocycles. The van der Waals surface area contributed by atoms with Crippen molar-refractivity contribution in [3.63, 3.8) is 0 Å². The molecule has 10 heteroatoms. The highest BCUT2D eigenvalue weighted by atomic mass is 32.1. The largest absolute Gasteiger partial charge is 0.392 e. The summed E-state index contributed by atoms with van der Waals surface area (Å²) >= 11 is 1.61. The van der Waals surface area contributed by atoms with Crippen LogP contribution in [0.5, 0.6) is 0 Å². The molecule has 0 spiro atoms. The molecule has 36 heavy (non-hydrogen) atoms. The van der Waals surface area contributed by atoms with Crippen molar-refractivity contribution in [3.8, 4) is 21.7 Å². The number of aliphatic hydroxyl groups is 1. The van der Waals surface area contributed by atoms with Crippen molar-refractivity contribution in [3.05, 3.63) is 48.9 Å². The molecule has 5 heterocycles. The van der Waals surface area contributed by atoms with Crippen LogP contribution in [0.2, 0.25) is 0 Å². The third kappa shape index (κ3) is 4.41. The Hall–Kier alpha value is -3.18. The van der Waals surface area contributed by atoms with Gasteiger partial charge in [-0.1, -0.05) is 12.1 Å². The van der Waals surface area contributed by atoms with E-state index in [2.05, 4.69) is 32.1 Å². The fourth-order valence-corrected chi connectivity index (χ4v) is 6.30. The monoisotopic (exact) mass is 503 g/mol. The number of fused-ring (bicyclic) bond motifs is 1. The number of hydrogen-bond donors (Lipinski definition) is 2. The lowest BCUT2D eigenvalue weighted by Gasteiger charge is -2.38. The summed E-state index contributed by atoms with van der Waals surface area (Å²) in [6, 6.07) is 10.4. The second kappa shape index (κ2) is 9.70. The topological polar surface area (TPSA) is 113 Å². The van der Waals surface area contributed by atoms with Crippen LogP contribution in [0.3, 0.4) is 0 Å². The number of β-amino-alcohol motifs (C(OH)–C–C–N with tert-alkyl or cyclic N) is 1. The van der Waals surface area contributed by atoms with Crippen LogP contribution < -0.4 is 5.73 Å². The number of aromatic nitrogens is 4. The van der Waals surface area contributed by atoms with E-state index >= 15 is 0 Å². The average Bonchev–Trinajstić information content (AvgIpc) is 3.65. The maximum atomic E-state index is 11.8. The van der Waals surface area contributed by atoms with Crippen LogP contribution in [0.15, 0.2) is 48.9 Å². The van der Waals surface area contributed by atoms with Crippen molar-refractivity contribution in [2.75, 3.05) is 31.9 Å². The maximum Gasteiger partial charge on any atom is 0.151 e. The fraction of sp³-hybridized carbons (Fsp3) is 0.385. The summed E-state index contributed by atoms with van der Waals surface area (Å²) < 4.78 is 3.16. The van der Waals surface area contributed by atoms with E-state index in [1.165, 1.54) is 0 Å². The minimum absolute atomic E-state index is 0.252. The first-order valence-electron chi connectivity index (χ1n) is 12.4. The Morgan fingerprint density at radius 2 is 1.89 bits per heavy atom. The number of carbonyl (C=O) groups is 1. The number of aliphatic hydroxyl groups excluding tert-OH is 1. The Morgan fingerprint density at radius 3 is 2.64 bits per heavy atom. The molecule has 2 unspecified atom stereocenters. The van der Waals surface area contributed by atoms with Crippen LogP contribution >= 0.6 is 11.3 Å². The third-order valence-electron chi connectivity index (χ3n) is 7.32. The quantitative estimate of drug-likeness (QED) is 0.386. The summed E-state index contributed by atoms with van der Waals surface area (Å²) in [6.07, 6.45) is 8.74. The van der Waals surface area contributed by atoms with Gasteiger partial charge in [-0.3, -0.25) is 14.5 Å². The minimum Gasteiger partial charge on any atom is -0.392 e. The number of nitrogens with zero attached hydrogens (tertiary/aromatic N) is 6. The number of aldehydes is 1. The number of pyridine rings is 1. The van der Waals surface area contributed by atoms with Gasteiger partial charge in [0.1, 0.15) is 17.0 Å². The van der Waals surface area contributed by atoms with E-state index in [-0.39, 0.29) is 18.3 Å². The number of nitrogens with two attached hydrogens (primary N) is 1. The summed E-state index contributed by atoms with van der Waals surface area (Å²) in [7, 11) is 0. The van der Waals surface area contributed by atoms with Crippen molar-refractivity contribution in [2.45, 2.75) is 37.6 Å². The lowest BCUT2D eigenvalue weighted by molar-refractivity contribution is -0.119. The zero-order valence-corrected chi connectivity index (χ0v) is 20.7. The van der Waals surface area contributed by atoms with Gasteiger partial charge < -0.3 is 15.6 Å². The van der Waals surface area contributed by atoms with Crippen LogP contribution in [0, 0.1) is 0 Å². The lowest BCUT2D eigenvalue weighted by atomic mass is 10.0. The molecule has 3 N–H and O–H groups in total. The Balaban J connectivity index is 1.17. The van der Waals surface area contributed by atoms with E-state index in [0.717, 1.165) is 77.1 Å². The smallest absolute Gasteiger partial charge is 0.151 e. The predicted molar refractivity (Wildman–Crippen MR) is 140 cm³/mol. The molecule has 0 bridgehead atoms. The number of carbonyl (C=O) groups excluding carboxylic acids is 1. The highest BCUT2D eigenvalue weighted by Crippen LogP contribution is 2.35. The van der Waals surface area contributed by atoms with E-state index in [0.29, 0.717) is 12.4 Å². The SMILES string of the molecule is Nc1ncc(-c2cnn(C3CCN(C(C=O)N4CCC(O)C4)CC3)c2)cc1-c1nc2ccccc2s1. The summed E-state index contributed by atoms with van der Waals surface area (Å²) in [5, 5.41) is 15.4. The van der Waals surface area contributed by atoms with Crippen LogP contribution in [-0.4, -0.2) is 79.4 Å². The molecule has 1 aromatic carbocycles. The third-order valence-corrected chi connectivity index (χ3v) is 8.39. The van der Waals surface area contributed by atoms with E-state index in [1.54, 1.807) is 17.5 Å². The first kappa shape index (κ1) is 23.2. The molecular formula is C26H29N7O2S. The lowest BCUT2D eigenvalue weighted by Crippen LogP contribution is -2.51. The van der Waals surface area contributed by atoms with Crippen LogP contribution in [-0.2, 0) is 4.79 Å². The summed E-state index contributed by atoms with van der Waals surface area (Å²) in [5.74, 6) is 0.466. The molecule has 3 aromatic heterocycles. The van der Waals surface area contributed by atoms with Gasteiger partial charge in [-0.25, -0.2) is 9.97 Å². The van der Waals surface area contributed by atoms with Crippen LogP contribution in [0.4, 0.5) is 5.82 Å². The molecule has 2 fully saturated rings. The van der Waals surface area contributed by atoms with Crippen LogP contribution in [0.1, 0.15) is 25.3 Å². The second-order valence-electron chi connectivity index (χ2n) is 9.61. The molecule has 2 aliphatic rings. The normalized spacial score (nSPS) is 20.8. The number of thiazole rings is 1. The van der Waals surface area contributed by atoms with Crippen molar-refractivity contribution < 1.29 is 9.90 Å². The number of benzene rings is 1. The molecule has 0 saturated carbocycles. The van der Waals surface area contributed by atoms with Gasteiger partial charge in [-0.15, -0.1) is 11.3 Å². The van der Waals surface area contributed by atoms with Gasteiger partial charge >= 0.3 is 0 Å². The van der Waals surface area contributed by atoms with Crippen LogP contribution in [0.25, 0.3) is 31.9 Å². The van der Waals surface area contributed by atoms with Gasteiger partial charge in [0.15, 0.2) is 6.29 Å². The number of hydrogen-bond acceptors (Lipinski definition) is 9. The molecule has 6 rings (SSSR count). The summed E-state index contributed by atoms with van der Waals surface area (Å²) in [6.45, 7) is 2.98. The van der Waals surface area contributed by atoms with E-state index in [9.17, 15) is 9.90 Å². The Kier molecular flexibility index (Phi) is 6.26. The van der Waals surface area contributed by atoms with Crippen molar-refractivity contribution >= 4 is 33.7 Å². The Morgan fingerprint density at radius 1 is 1.08 bits per heavy atom. The molecule has 9 nitrogen and oxygen atoms in total. The molecular weight excluding hydrogens is 474 g/mol. The first-order valence-corrected chi connectivity index (χ1v) is 13.2. The average molecular weight is 504 g/mol. The number of para-hydroxylation sites is 1. The van der Waals surface area contributed by atoms with E-state index < -0.39 is 0 Å². The van der Waals surface area contributed by atoms with Gasteiger partial charge in [-0.2, -0.15) is 5.10 Å². The van der Waals surface area contributed by atoms with E-state index in [4.69, 9.17) is 10.7 Å². The van der Waals surface area contributed by atoms with E-state index in [1.807, 2.05) is 35.1 Å². The number of nitrogen functional groups attached to an aromatic ring is 1. The summed E-state index contributed by atoms with van der Waals surface area (Å²) in [5.41, 5.74) is 9.97. The van der Waals surface area contributed by atoms with Gasteiger partial charge in [0.25, 0.3) is 0 Å². The minimum atomic E-state index is -0.328. The Bertz CT molecular complexity index is 1340. The molecule has 186 valence electrons. The second-order valence-corrected chi connectivity index (χ2v) is 10.6. The van der Waals surface area contributed by atoms with Gasteiger partial charge in [0.05, 0.1) is 34.1 Å². The summed E-state index contributed by atoms with van der Waals surface area (Å²) in [4.78, 5) is 25.3. The zero-order valence-electron chi connectivity index (χ0n) is 19.9. The first-order chi connectivity index (χ1) is 17.6. The highest BCUT2D eigenvalue weighted by molar-refractivity contribution is 7.21. The van der Waals surface area contributed by atoms with Crippen molar-refractivity contribution in [2.24, 2.45) is 0 Å². The number of anilines is 1. The molecule has 4 aromatic rings. The molecule has 2 saturated heterocycles. The number of likely N-dealkylation sites (tertiary alicyclic amines) is 2. The van der Waals surface area contributed by atoms with Gasteiger partial charge in [0, 0.05) is 49.7 Å². The highest BCUT2D eigenvalue weighted by Gasteiger charge is 2.33. The molecule has 0 aliphatic carbocycles. The van der Waals surface area contributed by atoms with Gasteiger partial charge in [0.2, 0.25) is 0 Å². The van der Waals surface area contributed by atoms with Gasteiger partial charge in [-0.05, 0) is 37.5 Å².